The predicted octanol–water partition coefficient (Wildman–Crippen LogP) is 1.26. The van der Waals surface area contributed by atoms with Crippen molar-refractivity contribution in [3.63, 3.8) is 0 Å². The average molecular weight is 245 g/mol. The maximum absolute atomic E-state index is 6.18. The molecule has 5 nitrogen and oxygen atoms in total. The van der Waals surface area contributed by atoms with Gasteiger partial charge in [0.1, 0.15) is 6.61 Å². The van der Waals surface area contributed by atoms with Crippen molar-refractivity contribution in [1.29, 1.82) is 0 Å². The first-order valence-corrected chi connectivity index (χ1v) is 5.86. The molecule has 0 fully saturated rings. The molecule has 2 aromatic rings. The third-order valence-electron chi connectivity index (χ3n) is 3.04. The van der Waals surface area contributed by atoms with Crippen LogP contribution < -0.4 is 15.2 Å². The molecular weight excluding hydrogens is 230 g/mol. The number of fused-ring (bicyclic) bond motifs is 1. The molecule has 1 aliphatic heterocycles. The van der Waals surface area contributed by atoms with Crippen molar-refractivity contribution >= 4 is 0 Å². The van der Waals surface area contributed by atoms with Crippen molar-refractivity contribution in [3.05, 3.63) is 42.2 Å². The molecule has 2 heterocycles. The van der Waals surface area contributed by atoms with Gasteiger partial charge in [-0.25, -0.2) is 0 Å². The van der Waals surface area contributed by atoms with Gasteiger partial charge >= 0.3 is 0 Å². The average Bonchev–Trinajstić information content (AvgIpc) is 2.84. The topological polar surface area (TPSA) is 62.3 Å². The van der Waals surface area contributed by atoms with Gasteiger partial charge in [0.15, 0.2) is 17.6 Å². The molecule has 5 heteroatoms. The molecular formula is C13H15N3O2. The molecule has 1 aromatic carbocycles. The number of benzene rings is 1. The Kier molecular flexibility index (Phi) is 2.68. The summed E-state index contributed by atoms with van der Waals surface area (Å²) in [7, 11) is 1.86. The van der Waals surface area contributed by atoms with E-state index in [1.54, 1.807) is 10.9 Å². The summed E-state index contributed by atoms with van der Waals surface area (Å²) in [6.45, 7) is 0.451. The van der Waals surface area contributed by atoms with Crippen molar-refractivity contribution in [2.75, 3.05) is 6.61 Å². The van der Waals surface area contributed by atoms with Gasteiger partial charge in [0.2, 0.25) is 0 Å². The fraction of sp³-hybridized carbons (Fsp3) is 0.308. The Labute approximate surface area is 105 Å². The van der Waals surface area contributed by atoms with E-state index >= 15 is 0 Å². The van der Waals surface area contributed by atoms with E-state index in [0.29, 0.717) is 6.61 Å². The minimum atomic E-state index is -0.243. The van der Waals surface area contributed by atoms with E-state index in [0.717, 1.165) is 17.1 Å². The van der Waals surface area contributed by atoms with Crippen LogP contribution in [-0.2, 0) is 7.05 Å². The summed E-state index contributed by atoms with van der Waals surface area (Å²) in [5.41, 5.74) is 7.13. The molecule has 0 amide bonds. The number of hydrogen-bond acceptors (Lipinski definition) is 4. The Hall–Kier alpha value is -2.01. The fourth-order valence-corrected chi connectivity index (χ4v) is 2.04. The maximum atomic E-state index is 6.18. The lowest BCUT2D eigenvalue weighted by Gasteiger charge is -2.29. The molecule has 0 aliphatic carbocycles. The number of nitrogens with zero attached hydrogens (tertiary/aromatic N) is 2. The molecule has 0 saturated heterocycles. The maximum Gasteiger partial charge on any atom is 0.161 e. The normalized spacial score (nSPS) is 19.6. The highest BCUT2D eigenvalue weighted by Crippen LogP contribution is 2.33. The van der Waals surface area contributed by atoms with Crippen LogP contribution in [0.2, 0.25) is 0 Å². The first-order chi connectivity index (χ1) is 8.74. The number of aromatic nitrogens is 2. The molecule has 3 rings (SSSR count). The summed E-state index contributed by atoms with van der Waals surface area (Å²) in [5.74, 6) is 1.51. The zero-order valence-electron chi connectivity index (χ0n) is 10.1. The van der Waals surface area contributed by atoms with Gasteiger partial charge in [-0.3, -0.25) is 4.68 Å². The van der Waals surface area contributed by atoms with Gasteiger partial charge in [0.25, 0.3) is 0 Å². The van der Waals surface area contributed by atoms with Gasteiger partial charge in [-0.1, -0.05) is 12.1 Å². The summed E-state index contributed by atoms with van der Waals surface area (Å²) >= 11 is 0. The predicted molar refractivity (Wildman–Crippen MR) is 66.5 cm³/mol. The second kappa shape index (κ2) is 4.34. The highest BCUT2D eigenvalue weighted by molar-refractivity contribution is 5.41. The van der Waals surface area contributed by atoms with E-state index < -0.39 is 0 Å². The molecule has 2 atom stereocenters. The monoisotopic (exact) mass is 245 g/mol. The van der Waals surface area contributed by atoms with Gasteiger partial charge in [0.05, 0.1) is 12.2 Å². The SMILES string of the molecule is Cn1cc(C(N)C2COc3ccccc3O2)cn1. The van der Waals surface area contributed by atoms with Crippen molar-refractivity contribution in [1.82, 2.24) is 9.78 Å². The summed E-state index contributed by atoms with van der Waals surface area (Å²) in [6.07, 6.45) is 3.47. The Morgan fingerprint density at radius 2 is 2.17 bits per heavy atom. The molecule has 18 heavy (non-hydrogen) atoms. The summed E-state index contributed by atoms with van der Waals surface area (Å²) < 4.78 is 13.3. The van der Waals surface area contributed by atoms with E-state index in [2.05, 4.69) is 5.10 Å². The molecule has 1 aromatic heterocycles. The molecule has 0 saturated carbocycles. The zero-order valence-corrected chi connectivity index (χ0v) is 10.1. The van der Waals surface area contributed by atoms with Crippen LogP contribution in [0.3, 0.4) is 0 Å². The van der Waals surface area contributed by atoms with Crippen molar-refractivity contribution in [3.8, 4) is 11.5 Å². The zero-order chi connectivity index (χ0) is 12.5. The standard InChI is InChI=1S/C13H15N3O2/c1-16-7-9(6-15-16)13(14)12-8-17-10-4-2-3-5-11(10)18-12/h2-7,12-13H,8,14H2,1H3. The van der Waals surface area contributed by atoms with Crippen LogP contribution in [-0.4, -0.2) is 22.5 Å². The number of nitrogens with two attached hydrogens (primary N) is 1. The Balaban J connectivity index is 1.79. The van der Waals surface area contributed by atoms with Crippen LogP contribution in [0.4, 0.5) is 0 Å². The lowest BCUT2D eigenvalue weighted by Crippen LogP contribution is -2.38. The summed E-state index contributed by atoms with van der Waals surface area (Å²) in [5, 5.41) is 4.12. The van der Waals surface area contributed by atoms with E-state index in [1.165, 1.54) is 0 Å². The molecule has 0 bridgehead atoms. The van der Waals surface area contributed by atoms with Crippen molar-refractivity contribution in [2.45, 2.75) is 12.1 Å². The van der Waals surface area contributed by atoms with E-state index in [1.807, 2.05) is 37.5 Å². The molecule has 1 aliphatic rings. The van der Waals surface area contributed by atoms with Crippen LogP contribution in [0.5, 0.6) is 11.5 Å². The van der Waals surface area contributed by atoms with Gasteiger partial charge in [-0.05, 0) is 12.1 Å². The van der Waals surface area contributed by atoms with E-state index in [4.69, 9.17) is 15.2 Å². The third kappa shape index (κ3) is 1.93. The molecule has 0 radical (unpaired) electrons. The van der Waals surface area contributed by atoms with Crippen LogP contribution >= 0.6 is 0 Å². The van der Waals surface area contributed by atoms with Crippen LogP contribution in [0, 0.1) is 0 Å². The second-order valence-electron chi connectivity index (χ2n) is 4.39. The molecule has 0 spiro atoms. The van der Waals surface area contributed by atoms with Crippen molar-refractivity contribution < 1.29 is 9.47 Å². The summed E-state index contributed by atoms with van der Waals surface area (Å²) in [6, 6.07) is 7.37. The number of para-hydroxylation sites is 2. The van der Waals surface area contributed by atoms with Gasteiger partial charge < -0.3 is 15.2 Å². The number of ether oxygens (including phenoxy) is 2. The molecule has 94 valence electrons. The van der Waals surface area contributed by atoms with Gasteiger partial charge in [0, 0.05) is 18.8 Å². The smallest absolute Gasteiger partial charge is 0.161 e. The van der Waals surface area contributed by atoms with Crippen molar-refractivity contribution in [2.24, 2.45) is 12.8 Å². The Morgan fingerprint density at radius 3 is 2.89 bits per heavy atom. The minimum Gasteiger partial charge on any atom is -0.486 e. The van der Waals surface area contributed by atoms with Crippen LogP contribution in [0.15, 0.2) is 36.7 Å². The Bertz CT molecular complexity index is 553. The highest BCUT2D eigenvalue weighted by Gasteiger charge is 2.28. The van der Waals surface area contributed by atoms with Gasteiger partial charge in [-0.2, -0.15) is 5.10 Å². The van der Waals surface area contributed by atoms with E-state index in [9.17, 15) is 0 Å². The van der Waals surface area contributed by atoms with Gasteiger partial charge in [-0.15, -0.1) is 0 Å². The van der Waals surface area contributed by atoms with Crippen LogP contribution in [0.25, 0.3) is 0 Å². The molecule has 2 N–H and O–H groups in total. The first-order valence-electron chi connectivity index (χ1n) is 5.86. The van der Waals surface area contributed by atoms with E-state index in [-0.39, 0.29) is 12.1 Å². The highest BCUT2D eigenvalue weighted by atomic mass is 16.6. The number of hydrogen-bond donors (Lipinski definition) is 1. The Morgan fingerprint density at radius 1 is 1.39 bits per heavy atom. The second-order valence-corrected chi connectivity index (χ2v) is 4.39. The van der Waals surface area contributed by atoms with Crippen LogP contribution in [0.1, 0.15) is 11.6 Å². The molecule has 2 unspecified atom stereocenters. The quantitative estimate of drug-likeness (QED) is 0.865. The first kappa shape index (κ1) is 11.1. The minimum absolute atomic E-state index is 0.191. The summed E-state index contributed by atoms with van der Waals surface area (Å²) in [4.78, 5) is 0. The third-order valence-corrected chi connectivity index (χ3v) is 3.04. The lowest BCUT2D eigenvalue weighted by molar-refractivity contribution is 0.0721. The fourth-order valence-electron chi connectivity index (χ4n) is 2.04. The number of rotatable bonds is 2. The largest absolute Gasteiger partial charge is 0.486 e. The lowest BCUT2D eigenvalue weighted by atomic mass is 10.1. The number of aryl methyl sites for hydroxylation is 1.